The van der Waals surface area contributed by atoms with Gasteiger partial charge in [0, 0.05) is 25.7 Å². The van der Waals surface area contributed by atoms with Crippen molar-refractivity contribution in [3.63, 3.8) is 0 Å². The van der Waals surface area contributed by atoms with Crippen LogP contribution < -0.4 is 16.0 Å². The zero-order valence-electron chi connectivity index (χ0n) is 9.85. The van der Waals surface area contributed by atoms with Crippen LogP contribution in [0.1, 0.15) is 13.3 Å². The Morgan fingerprint density at radius 1 is 1.50 bits per heavy atom. The van der Waals surface area contributed by atoms with Gasteiger partial charge < -0.3 is 16.0 Å². The Morgan fingerprint density at radius 3 is 3.00 bits per heavy atom. The van der Waals surface area contributed by atoms with Crippen LogP contribution in [0.4, 0.5) is 11.6 Å². The summed E-state index contributed by atoms with van der Waals surface area (Å²) in [4.78, 5) is 10.4. The summed E-state index contributed by atoms with van der Waals surface area (Å²) in [6, 6.07) is 2.30. The summed E-state index contributed by atoms with van der Waals surface area (Å²) in [6.07, 6.45) is 2.72. The van der Waals surface area contributed by atoms with Gasteiger partial charge in [0.1, 0.15) is 18.0 Å². The maximum Gasteiger partial charge on any atom is 0.134 e. The van der Waals surface area contributed by atoms with E-state index in [9.17, 15) is 0 Å². The van der Waals surface area contributed by atoms with Crippen LogP contribution in [0.2, 0.25) is 0 Å². The van der Waals surface area contributed by atoms with Gasteiger partial charge in [-0.2, -0.15) is 0 Å². The quantitative estimate of drug-likeness (QED) is 0.761. The molecule has 5 nitrogen and oxygen atoms in total. The number of piperidine rings is 1. The Kier molecular flexibility index (Phi) is 3.24. The first kappa shape index (κ1) is 11.1. The molecule has 16 heavy (non-hydrogen) atoms. The highest BCUT2D eigenvalue weighted by Gasteiger charge is 2.25. The molecule has 3 N–H and O–H groups in total. The number of nitrogens with zero attached hydrogens (tertiary/aromatic N) is 3. The number of nitrogens with two attached hydrogens (primary N) is 1. The summed E-state index contributed by atoms with van der Waals surface area (Å²) in [7, 11) is 2.07. The van der Waals surface area contributed by atoms with Crippen molar-refractivity contribution < 1.29 is 0 Å². The van der Waals surface area contributed by atoms with E-state index in [1.165, 1.54) is 12.7 Å². The summed E-state index contributed by atoms with van der Waals surface area (Å²) in [5.74, 6) is 2.09. The number of aromatic nitrogens is 2. The molecule has 0 saturated carbocycles. The van der Waals surface area contributed by atoms with Crippen molar-refractivity contribution in [2.45, 2.75) is 19.4 Å². The van der Waals surface area contributed by atoms with Gasteiger partial charge in [0.25, 0.3) is 0 Å². The molecule has 1 saturated heterocycles. The molecule has 5 heteroatoms. The molecule has 88 valence electrons. The topological polar surface area (TPSA) is 67.1 Å². The van der Waals surface area contributed by atoms with Crippen molar-refractivity contribution in [1.29, 1.82) is 0 Å². The molecular weight excluding hydrogens is 202 g/mol. The van der Waals surface area contributed by atoms with E-state index >= 15 is 0 Å². The highest BCUT2D eigenvalue weighted by molar-refractivity contribution is 5.46. The highest BCUT2D eigenvalue weighted by Crippen LogP contribution is 2.21. The minimum absolute atomic E-state index is 0.475. The van der Waals surface area contributed by atoms with Gasteiger partial charge in [-0.05, 0) is 18.9 Å². The summed E-state index contributed by atoms with van der Waals surface area (Å²) in [5, 5.41) is 3.41. The number of nitrogens with one attached hydrogen (secondary N) is 1. The molecule has 0 radical (unpaired) electrons. The van der Waals surface area contributed by atoms with Gasteiger partial charge in [-0.3, -0.25) is 0 Å². The third kappa shape index (κ3) is 2.24. The first-order chi connectivity index (χ1) is 7.68. The van der Waals surface area contributed by atoms with Crippen molar-refractivity contribution in [1.82, 2.24) is 15.3 Å². The summed E-state index contributed by atoms with van der Waals surface area (Å²) >= 11 is 0. The number of hydrogen-bond donors (Lipinski definition) is 2. The van der Waals surface area contributed by atoms with Crippen molar-refractivity contribution in [3.8, 4) is 0 Å². The molecule has 1 aromatic heterocycles. The third-order valence-corrected chi connectivity index (χ3v) is 3.32. The fourth-order valence-corrected chi connectivity index (χ4v) is 2.22. The lowest BCUT2D eigenvalue weighted by Gasteiger charge is -2.37. The average Bonchev–Trinajstić information content (AvgIpc) is 2.29. The van der Waals surface area contributed by atoms with Gasteiger partial charge in [-0.25, -0.2) is 9.97 Å². The molecule has 2 rings (SSSR count). The molecule has 1 fully saturated rings. The van der Waals surface area contributed by atoms with Crippen LogP contribution in [0.5, 0.6) is 0 Å². The van der Waals surface area contributed by atoms with Gasteiger partial charge in [0.05, 0.1) is 0 Å². The number of likely N-dealkylation sites (N-methyl/N-ethyl adjacent to an activating group) is 1. The molecule has 1 aliphatic rings. The van der Waals surface area contributed by atoms with E-state index < -0.39 is 0 Å². The normalized spacial score (nSPS) is 25.4. The number of rotatable bonds is 2. The van der Waals surface area contributed by atoms with Crippen molar-refractivity contribution in [3.05, 3.63) is 12.4 Å². The van der Waals surface area contributed by atoms with E-state index in [2.05, 4.69) is 34.2 Å². The zero-order valence-corrected chi connectivity index (χ0v) is 9.85. The predicted molar refractivity (Wildman–Crippen MR) is 65.3 cm³/mol. The molecule has 0 bridgehead atoms. The summed E-state index contributed by atoms with van der Waals surface area (Å²) in [5.41, 5.74) is 5.67. The zero-order chi connectivity index (χ0) is 11.5. The fourth-order valence-electron chi connectivity index (χ4n) is 2.22. The monoisotopic (exact) mass is 221 g/mol. The lowest BCUT2D eigenvalue weighted by atomic mass is 9.94. The van der Waals surface area contributed by atoms with E-state index in [0.717, 1.165) is 18.9 Å². The highest BCUT2D eigenvalue weighted by atomic mass is 15.2. The van der Waals surface area contributed by atoms with E-state index in [4.69, 9.17) is 5.73 Å². The van der Waals surface area contributed by atoms with Crippen molar-refractivity contribution in [2.75, 3.05) is 30.8 Å². The number of hydrogen-bond acceptors (Lipinski definition) is 5. The van der Waals surface area contributed by atoms with Crippen LogP contribution in [-0.4, -0.2) is 36.1 Å². The standard InChI is InChI=1S/C11H19N5/c1-8-3-4-13-6-9(8)16(2)11-5-10(12)14-7-15-11/h5,7-9,13H,3-4,6H2,1-2H3,(H2,12,14,15)/t8-,9+/m1/s1. The molecule has 0 spiro atoms. The smallest absolute Gasteiger partial charge is 0.134 e. The second-order valence-electron chi connectivity index (χ2n) is 4.45. The van der Waals surface area contributed by atoms with Crippen LogP contribution >= 0.6 is 0 Å². The largest absolute Gasteiger partial charge is 0.384 e. The van der Waals surface area contributed by atoms with Gasteiger partial charge in [0.2, 0.25) is 0 Å². The second kappa shape index (κ2) is 4.65. The van der Waals surface area contributed by atoms with Crippen molar-refractivity contribution in [2.24, 2.45) is 5.92 Å². The molecule has 2 heterocycles. The molecule has 2 atom stereocenters. The van der Waals surface area contributed by atoms with E-state index in [-0.39, 0.29) is 0 Å². The van der Waals surface area contributed by atoms with E-state index in [0.29, 0.717) is 17.8 Å². The lowest BCUT2D eigenvalue weighted by Crippen LogP contribution is -2.49. The number of anilines is 2. The lowest BCUT2D eigenvalue weighted by molar-refractivity contribution is 0.337. The fraction of sp³-hybridized carbons (Fsp3) is 0.636. The number of nitrogen functional groups attached to an aromatic ring is 1. The van der Waals surface area contributed by atoms with Crippen LogP contribution in [0.25, 0.3) is 0 Å². The minimum Gasteiger partial charge on any atom is -0.384 e. The van der Waals surface area contributed by atoms with Gasteiger partial charge >= 0.3 is 0 Å². The molecule has 0 aromatic carbocycles. The maximum absolute atomic E-state index is 5.67. The summed E-state index contributed by atoms with van der Waals surface area (Å²) in [6.45, 7) is 4.39. The van der Waals surface area contributed by atoms with Crippen LogP contribution in [0, 0.1) is 5.92 Å². The third-order valence-electron chi connectivity index (χ3n) is 3.32. The van der Waals surface area contributed by atoms with Gasteiger partial charge in [-0.15, -0.1) is 0 Å². The summed E-state index contributed by atoms with van der Waals surface area (Å²) < 4.78 is 0. The Bertz CT molecular complexity index is 354. The van der Waals surface area contributed by atoms with Gasteiger partial charge in [-0.1, -0.05) is 6.92 Å². The van der Waals surface area contributed by atoms with Crippen LogP contribution in [0.15, 0.2) is 12.4 Å². The van der Waals surface area contributed by atoms with Crippen LogP contribution in [0.3, 0.4) is 0 Å². The Morgan fingerprint density at radius 2 is 2.31 bits per heavy atom. The molecule has 1 aromatic rings. The molecule has 0 unspecified atom stereocenters. The first-order valence-electron chi connectivity index (χ1n) is 5.69. The van der Waals surface area contributed by atoms with Gasteiger partial charge in [0.15, 0.2) is 0 Å². The van der Waals surface area contributed by atoms with E-state index in [1.807, 2.05) is 6.07 Å². The Balaban J connectivity index is 2.14. The van der Waals surface area contributed by atoms with Crippen molar-refractivity contribution >= 4 is 11.6 Å². The second-order valence-corrected chi connectivity index (χ2v) is 4.45. The van der Waals surface area contributed by atoms with E-state index in [1.54, 1.807) is 0 Å². The van der Waals surface area contributed by atoms with Crippen LogP contribution in [-0.2, 0) is 0 Å². The minimum atomic E-state index is 0.475. The predicted octanol–water partition coefficient (Wildman–Crippen LogP) is 0.493. The Labute approximate surface area is 96.1 Å². The molecular formula is C11H19N5. The molecule has 0 amide bonds. The SMILES string of the molecule is C[C@@H]1CCNC[C@@H]1N(C)c1cc(N)ncn1. The first-order valence-corrected chi connectivity index (χ1v) is 5.69. The average molecular weight is 221 g/mol. The maximum atomic E-state index is 5.67. The Hall–Kier alpha value is -1.36. The molecule has 1 aliphatic heterocycles. The molecule has 0 aliphatic carbocycles.